The molecule has 1 rings (SSSR count). The van der Waals surface area contributed by atoms with Crippen LogP contribution >= 0.6 is 11.6 Å². The van der Waals surface area contributed by atoms with Gasteiger partial charge in [-0.3, -0.25) is 4.99 Å². The van der Waals surface area contributed by atoms with Crippen molar-refractivity contribution in [3.63, 3.8) is 0 Å². The molecule has 0 radical (unpaired) electrons. The maximum atomic E-state index is 5.83. The van der Waals surface area contributed by atoms with Crippen molar-refractivity contribution in [3.8, 4) is 5.75 Å². The van der Waals surface area contributed by atoms with Crippen molar-refractivity contribution >= 4 is 17.6 Å². The van der Waals surface area contributed by atoms with Crippen LogP contribution in [0.15, 0.2) is 29.3 Å². The average molecular weight is 300 g/mol. The van der Waals surface area contributed by atoms with Crippen molar-refractivity contribution in [3.05, 3.63) is 29.3 Å². The largest absolute Gasteiger partial charge is 0.489 e. The molecule has 6 heteroatoms. The number of benzene rings is 1. The lowest BCUT2D eigenvalue weighted by Crippen LogP contribution is -2.42. The molecule has 0 bridgehead atoms. The molecule has 1 aromatic carbocycles. The van der Waals surface area contributed by atoms with Gasteiger partial charge >= 0.3 is 0 Å². The van der Waals surface area contributed by atoms with Crippen LogP contribution in [-0.4, -0.2) is 45.9 Å². The van der Waals surface area contributed by atoms with Gasteiger partial charge < -0.3 is 20.1 Å². The first-order chi connectivity index (χ1) is 9.65. The molecule has 0 aromatic heterocycles. The average Bonchev–Trinajstić information content (AvgIpc) is 2.45. The number of rotatable bonds is 7. The van der Waals surface area contributed by atoms with E-state index >= 15 is 0 Å². The molecule has 2 N–H and O–H groups in total. The molecule has 1 aromatic rings. The molecule has 0 aliphatic rings. The monoisotopic (exact) mass is 299 g/mol. The summed E-state index contributed by atoms with van der Waals surface area (Å²) in [6.07, 6.45) is 0.0113. The number of methoxy groups -OCH3 is 1. The molecule has 5 nitrogen and oxygen atoms in total. The number of nitrogens with one attached hydrogen (secondary N) is 2. The molecule has 112 valence electrons. The minimum atomic E-state index is 0.0113. The molecule has 0 saturated heterocycles. The standard InChI is InChI=1S/C14H22ClN3O2/c1-11(20-13-6-4-12(15)5-7-13)10-18-14(16-2)17-8-9-19-3/h4-7,11H,8-10H2,1-3H3,(H2,16,17,18). The predicted octanol–water partition coefficient (Wildman–Crippen LogP) is 1.92. The van der Waals surface area contributed by atoms with E-state index in [1.54, 1.807) is 14.2 Å². The van der Waals surface area contributed by atoms with Gasteiger partial charge in [-0.15, -0.1) is 0 Å². The van der Waals surface area contributed by atoms with E-state index in [2.05, 4.69) is 15.6 Å². The van der Waals surface area contributed by atoms with E-state index in [1.165, 1.54) is 0 Å². The third-order valence-corrected chi connectivity index (χ3v) is 2.78. The quantitative estimate of drug-likeness (QED) is 0.459. The van der Waals surface area contributed by atoms with E-state index in [0.717, 1.165) is 11.7 Å². The van der Waals surface area contributed by atoms with Gasteiger partial charge in [0.05, 0.1) is 13.2 Å². The third kappa shape index (κ3) is 6.63. The van der Waals surface area contributed by atoms with Gasteiger partial charge in [-0.2, -0.15) is 0 Å². The zero-order valence-corrected chi connectivity index (χ0v) is 12.9. The Morgan fingerprint density at radius 1 is 1.30 bits per heavy atom. The van der Waals surface area contributed by atoms with Crippen molar-refractivity contribution in [2.75, 3.05) is 33.9 Å². The van der Waals surface area contributed by atoms with E-state index in [0.29, 0.717) is 24.7 Å². The zero-order valence-electron chi connectivity index (χ0n) is 12.1. The minimum Gasteiger partial charge on any atom is -0.489 e. The number of hydrogen-bond acceptors (Lipinski definition) is 3. The van der Waals surface area contributed by atoms with E-state index in [4.69, 9.17) is 21.1 Å². The Kier molecular flexibility index (Phi) is 7.84. The second-order valence-corrected chi connectivity index (χ2v) is 4.69. The number of halogens is 1. The van der Waals surface area contributed by atoms with Crippen LogP contribution in [0.25, 0.3) is 0 Å². The van der Waals surface area contributed by atoms with Gasteiger partial charge in [0.15, 0.2) is 5.96 Å². The molecule has 20 heavy (non-hydrogen) atoms. The van der Waals surface area contributed by atoms with Gasteiger partial charge in [-0.05, 0) is 31.2 Å². The maximum Gasteiger partial charge on any atom is 0.191 e. The van der Waals surface area contributed by atoms with Gasteiger partial charge in [0, 0.05) is 25.7 Å². The first-order valence-corrected chi connectivity index (χ1v) is 6.89. The summed E-state index contributed by atoms with van der Waals surface area (Å²) in [5, 5.41) is 7.03. The SMILES string of the molecule is CN=C(NCCOC)NCC(C)Oc1ccc(Cl)cc1. The normalized spacial score (nSPS) is 12.9. The van der Waals surface area contributed by atoms with Crippen LogP contribution in [0, 0.1) is 0 Å². The number of guanidine groups is 1. The first kappa shape index (κ1) is 16.6. The number of ether oxygens (including phenoxy) is 2. The summed E-state index contributed by atoms with van der Waals surface area (Å²) in [5.41, 5.74) is 0. The Balaban J connectivity index is 2.31. The zero-order chi connectivity index (χ0) is 14.8. The highest BCUT2D eigenvalue weighted by Gasteiger charge is 2.05. The summed E-state index contributed by atoms with van der Waals surface area (Å²) in [7, 11) is 3.40. The fourth-order valence-electron chi connectivity index (χ4n) is 1.52. The van der Waals surface area contributed by atoms with Gasteiger partial charge in [-0.25, -0.2) is 0 Å². The number of nitrogens with zero attached hydrogens (tertiary/aromatic N) is 1. The minimum absolute atomic E-state index is 0.0113. The Bertz CT molecular complexity index is 409. The summed E-state index contributed by atoms with van der Waals surface area (Å²) in [6, 6.07) is 7.32. The molecule has 0 amide bonds. The molecule has 0 spiro atoms. The lowest BCUT2D eigenvalue weighted by Gasteiger charge is -2.17. The van der Waals surface area contributed by atoms with Crippen LogP contribution in [-0.2, 0) is 4.74 Å². The molecule has 1 unspecified atom stereocenters. The number of hydrogen-bond donors (Lipinski definition) is 2. The Labute approximate surface area is 125 Å². The van der Waals surface area contributed by atoms with Gasteiger partial charge in [0.1, 0.15) is 11.9 Å². The Morgan fingerprint density at radius 3 is 2.60 bits per heavy atom. The fourth-order valence-corrected chi connectivity index (χ4v) is 1.65. The summed E-state index contributed by atoms with van der Waals surface area (Å²) >= 11 is 5.83. The summed E-state index contributed by atoms with van der Waals surface area (Å²) in [5.74, 6) is 1.53. The van der Waals surface area contributed by atoms with Crippen molar-refractivity contribution < 1.29 is 9.47 Å². The van der Waals surface area contributed by atoms with Crippen LogP contribution in [0.4, 0.5) is 0 Å². The van der Waals surface area contributed by atoms with Crippen LogP contribution in [0.2, 0.25) is 5.02 Å². The molecular weight excluding hydrogens is 278 g/mol. The fraction of sp³-hybridized carbons (Fsp3) is 0.500. The third-order valence-electron chi connectivity index (χ3n) is 2.53. The van der Waals surface area contributed by atoms with Gasteiger partial charge in [0.2, 0.25) is 0 Å². The van der Waals surface area contributed by atoms with Crippen LogP contribution in [0.5, 0.6) is 5.75 Å². The van der Waals surface area contributed by atoms with E-state index < -0.39 is 0 Å². The maximum absolute atomic E-state index is 5.83. The molecular formula is C14H22ClN3O2. The second kappa shape index (κ2) is 9.44. The van der Waals surface area contributed by atoms with Crippen molar-refractivity contribution in [1.29, 1.82) is 0 Å². The Morgan fingerprint density at radius 2 is 2.00 bits per heavy atom. The van der Waals surface area contributed by atoms with Gasteiger partial charge in [0.25, 0.3) is 0 Å². The predicted molar refractivity (Wildman–Crippen MR) is 82.8 cm³/mol. The summed E-state index contributed by atoms with van der Waals surface area (Å²) in [6.45, 7) is 3.99. The molecule has 0 aliphatic heterocycles. The van der Waals surface area contributed by atoms with Crippen molar-refractivity contribution in [2.45, 2.75) is 13.0 Å². The lowest BCUT2D eigenvalue weighted by atomic mass is 10.3. The highest BCUT2D eigenvalue weighted by atomic mass is 35.5. The topological polar surface area (TPSA) is 54.9 Å². The lowest BCUT2D eigenvalue weighted by molar-refractivity contribution is 0.203. The van der Waals surface area contributed by atoms with E-state index in [1.807, 2.05) is 31.2 Å². The number of aliphatic imine (C=N–C) groups is 1. The molecule has 0 saturated carbocycles. The smallest absolute Gasteiger partial charge is 0.191 e. The van der Waals surface area contributed by atoms with Crippen molar-refractivity contribution in [1.82, 2.24) is 10.6 Å². The molecule has 0 fully saturated rings. The molecule has 0 aliphatic carbocycles. The molecule has 1 atom stereocenters. The van der Waals surface area contributed by atoms with Gasteiger partial charge in [-0.1, -0.05) is 11.6 Å². The summed E-state index contributed by atoms with van der Waals surface area (Å²) < 4.78 is 10.7. The van der Waals surface area contributed by atoms with Crippen LogP contribution in [0.1, 0.15) is 6.92 Å². The molecule has 0 heterocycles. The van der Waals surface area contributed by atoms with Crippen LogP contribution < -0.4 is 15.4 Å². The van der Waals surface area contributed by atoms with E-state index in [9.17, 15) is 0 Å². The van der Waals surface area contributed by atoms with Crippen LogP contribution in [0.3, 0.4) is 0 Å². The van der Waals surface area contributed by atoms with E-state index in [-0.39, 0.29) is 6.10 Å². The Hall–Kier alpha value is -1.46. The first-order valence-electron chi connectivity index (χ1n) is 6.51. The highest BCUT2D eigenvalue weighted by molar-refractivity contribution is 6.30. The van der Waals surface area contributed by atoms with Crippen molar-refractivity contribution in [2.24, 2.45) is 4.99 Å². The summed E-state index contributed by atoms with van der Waals surface area (Å²) in [4.78, 5) is 4.12. The second-order valence-electron chi connectivity index (χ2n) is 4.26. The highest BCUT2D eigenvalue weighted by Crippen LogP contribution is 2.16.